The van der Waals surface area contributed by atoms with E-state index in [1.165, 1.54) is 17.5 Å². The monoisotopic (exact) mass is 311 g/mol. The highest BCUT2D eigenvalue weighted by Gasteiger charge is 2.28. The SMILES string of the molecule is Cc1ccc(CNCC2(O)CCCCC2)cc1Br. The van der Waals surface area contributed by atoms with Crippen molar-refractivity contribution < 1.29 is 5.11 Å². The van der Waals surface area contributed by atoms with E-state index < -0.39 is 5.60 Å². The molecular formula is C15H22BrNO. The standard InChI is InChI=1S/C15H22BrNO/c1-12-5-6-13(9-14(12)16)10-17-11-15(18)7-3-2-4-8-15/h5-6,9,17-18H,2-4,7-8,10-11H2,1H3. The molecule has 0 atom stereocenters. The van der Waals surface area contributed by atoms with Gasteiger partial charge in [0.05, 0.1) is 5.60 Å². The second-order valence-electron chi connectivity index (χ2n) is 5.47. The molecule has 100 valence electrons. The highest BCUT2D eigenvalue weighted by Crippen LogP contribution is 2.27. The van der Waals surface area contributed by atoms with Crippen LogP contribution in [0, 0.1) is 6.92 Å². The lowest BCUT2D eigenvalue weighted by atomic mass is 9.85. The summed E-state index contributed by atoms with van der Waals surface area (Å²) in [5.41, 5.74) is 2.04. The lowest BCUT2D eigenvalue weighted by Gasteiger charge is -2.32. The Balaban J connectivity index is 1.82. The smallest absolute Gasteiger partial charge is 0.0771 e. The van der Waals surface area contributed by atoms with Crippen LogP contribution in [-0.4, -0.2) is 17.3 Å². The summed E-state index contributed by atoms with van der Waals surface area (Å²) >= 11 is 3.55. The zero-order valence-electron chi connectivity index (χ0n) is 11.0. The van der Waals surface area contributed by atoms with Crippen LogP contribution in [0.3, 0.4) is 0 Å². The fraction of sp³-hybridized carbons (Fsp3) is 0.600. The largest absolute Gasteiger partial charge is 0.389 e. The first-order valence-electron chi connectivity index (χ1n) is 6.77. The first-order chi connectivity index (χ1) is 8.59. The average Bonchev–Trinajstić information content (AvgIpc) is 2.34. The minimum atomic E-state index is -0.472. The van der Waals surface area contributed by atoms with Gasteiger partial charge >= 0.3 is 0 Å². The molecule has 0 bridgehead atoms. The van der Waals surface area contributed by atoms with E-state index >= 15 is 0 Å². The van der Waals surface area contributed by atoms with E-state index in [9.17, 15) is 5.11 Å². The summed E-state index contributed by atoms with van der Waals surface area (Å²) in [7, 11) is 0. The van der Waals surface area contributed by atoms with Gasteiger partial charge in [0.25, 0.3) is 0 Å². The lowest BCUT2D eigenvalue weighted by molar-refractivity contribution is 0.00467. The molecule has 3 heteroatoms. The summed E-state index contributed by atoms with van der Waals surface area (Å²) in [4.78, 5) is 0. The van der Waals surface area contributed by atoms with Gasteiger partial charge in [-0.15, -0.1) is 0 Å². The second-order valence-corrected chi connectivity index (χ2v) is 6.33. The third kappa shape index (κ3) is 3.81. The molecule has 1 aliphatic rings. The molecule has 2 N–H and O–H groups in total. The maximum Gasteiger partial charge on any atom is 0.0771 e. The molecule has 0 spiro atoms. The zero-order chi connectivity index (χ0) is 13.0. The van der Waals surface area contributed by atoms with Gasteiger partial charge in [0, 0.05) is 17.6 Å². The Morgan fingerprint density at radius 2 is 2.00 bits per heavy atom. The van der Waals surface area contributed by atoms with Gasteiger partial charge < -0.3 is 10.4 Å². The average molecular weight is 312 g/mol. The number of benzene rings is 1. The molecule has 1 saturated carbocycles. The number of aliphatic hydroxyl groups is 1. The molecule has 1 fully saturated rings. The lowest BCUT2D eigenvalue weighted by Crippen LogP contribution is -2.41. The Hall–Kier alpha value is -0.380. The van der Waals surface area contributed by atoms with E-state index in [0.29, 0.717) is 6.54 Å². The Kier molecular flexibility index (Phi) is 4.82. The minimum absolute atomic E-state index is 0.472. The van der Waals surface area contributed by atoms with Gasteiger partial charge in [-0.2, -0.15) is 0 Å². The van der Waals surface area contributed by atoms with Crippen molar-refractivity contribution in [3.8, 4) is 0 Å². The Morgan fingerprint density at radius 3 is 2.67 bits per heavy atom. The van der Waals surface area contributed by atoms with Gasteiger partial charge in [-0.1, -0.05) is 47.3 Å². The molecule has 0 aliphatic heterocycles. The maximum atomic E-state index is 10.4. The number of aryl methyl sites for hydroxylation is 1. The van der Waals surface area contributed by atoms with Crippen LogP contribution in [0.2, 0.25) is 0 Å². The van der Waals surface area contributed by atoms with E-state index in [-0.39, 0.29) is 0 Å². The summed E-state index contributed by atoms with van der Waals surface area (Å²) in [5, 5.41) is 13.8. The molecule has 0 saturated heterocycles. The summed E-state index contributed by atoms with van der Waals surface area (Å²) in [6, 6.07) is 6.40. The Labute approximate surface area is 118 Å². The quantitative estimate of drug-likeness (QED) is 0.891. The van der Waals surface area contributed by atoms with Crippen LogP contribution in [0.4, 0.5) is 0 Å². The molecule has 2 nitrogen and oxygen atoms in total. The van der Waals surface area contributed by atoms with Crippen LogP contribution in [0.5, 0.6) is 0 Å². The summed E-state index contributed by atoms with van der Waals surface area (Å²) < 4.78 is 1.15. The van der Waals surface area contributed by atoms with E-state index in [4.69, 9.17) is 0 Å². The number of hydrogen-bond donors (Lipinski definition) is 2. The third-order valence-corrected chi connectivity index (χ3v) is 4.66. The molecule has 0 unspecified atom stereocenters. The van der Waals surface area contributed by atoms with E-state index in [0.717, 1.165) is 36.7 Å². The van der Waals surface area contributed by atoms with E-state index in [1.54, 1.807) is 0 Å². The fourth-order valence-corrected chi connectivity index (χ4v) is 3.00. The second kappa shape index (κ2) is 6.18. The van der Waals surface area contributed by atoms with Crippen LogP contribution in [-0.2, 0) is 6.54 Å². The van der Waals surface area contributed by atoms with Crippen LogP contribution in [0.1, 0.15) is 43.2 Å². The number of nitrogens with one attached hydrogen (secondary N) is 1. The van der Waals surface area contributed by atoms with Crippen molar-refractivity contribution in [2.24, 2.45) is 0 Å². The van der Waals surface area contributed by atoms with E-state index in [1.807, 2.05) is 0 Å². The van der Waals surface area contributed by atoms with Crippen molar-refractivity contribution in [1.82, 2.24) is 5.32 Å². The van der Waals surface area contributed by atoms with Gasteiger partial charge in [0.1, 0.15) is 0 Å². The Bertz CT molecular complexity index is 399. The van der Waals surface area contributed by atoms with Crippen molar-refractivity contribution in [3.05, 3.63) is 33.8 Å². The summed E-state index contributed by atoms with van der Waals surface area (Å²) in [6.45, 7) is 3.62. The highest BCUT2D eigenvalue weighted by atomic mass is 79.9. The van der Waals surface area contributed by atoms with Gasteiger partial charge in [-0.05, 0) is 37.0 Å². The summed E-state index contributed by atoms with van der Waals surface area (Å²) in [6.07, 6.45) is 5.48. The topological polar surface area (TPSA) is 32.3 Å². The number of rotatable bonds is 4. The van der Waals surface area contributed by atoms with Crippen molar-refractivity contribution in [2.45, 2.75) is 51.2 Å². The zero-order valence-corrected chi connectivity index (χ0v) is 12.6. The minimum Gasteiger partial charge on any atom is -0.389 e. The molecule has 2 rings (SSSR count). The molecule has 0 amide bonds. The number of hydrogen-bond acceptors (Lipinski definition) is 2. The third-order valence-electron chi connectivity index (χ3n) is 3.80. The van der Waals surface area contributed by atoms with Crippen LogP contribution < -0.4 is 5.32 Å². The predicted octanol–water partition coefficient (Wildman–Crippen LogP) is 3.54. The van der Waals surface area contributed by atoms with Gasteiger partial charge in [-0.3, -0.25) is 0 Å². The molecule has 1 aliphatic carbocycles. The first-order valence-corrected chi connectivity index (χ1v) is 7.56. The van der Waals surface area contributed by atoms with Crippen molar-refractivity contribution >= 4 is 15.9 Å². The molecule has 1 aromatic carbocycles. The van der Waals surface area contributed by atoms with Gasteiger partial charge in [-0.25, -0.2) is 0 Å². The van der Waals surface area contributed by atoms with E-state index in [2.05, 4.69) is 46.4 Å². The van der Waals surface area contributed by atoms with Crippen molar-refractivity contribution in [2.75, 3.05) is 6.54 Å². The highest BCUT2D eigenvalue weighted by molar-refractivity contribution is 9.10. The van der Waals surface area contributed by atoms with Gasteiger partial charge in [0.15, 0.2) is 0 Å². The number of halogens is 1. The molecule has 1 aromatic rings. The van der Waals surface area contributed by atoms with Crippen LogP contribution in [0.25, 0.3) is 0 Å². The first kappa shape index (κ1) is 14.0. The van der Waals surface area contributed by atoms with Crippen molar-refractivity contribution in [1.29, 1.82) is 0 Å². The predicted molar refractivity (Wildman–Crippen MR) is 78.6 cm³/mol. The molecule has 18 heavy (non-hydrogen) atoms. The molecule has 0 aromatic heterocycles. The molecule has 0 heterocycles. The Morgan fingerprint density at radius 1 is 1.28 bits per heavy atom. The van der Waals surface area contributed by atoms with Gasteiger partial charge in [0.2, 0.25) is 0 Å². The maximum absolute atomic E-state index is 10.4. The normalized spacial score (nSPS) is 18.8. The molecular weight excluding hydrogens is 290 g/mol. The summed E-state index contributed by atoms with van der Waals surface area (Å²) in [5.74, 6) is 0. The van der Waals surface area contributed by atoms with Crippen LogP contribution >= 0.6 is 15.9 Å². The fourth-order valence-electron chi connectivity index (χ4n) is 2.57. The van der Waals surface area contributed by atoms with Crippen molar-refractivity contribution in [3.63, 3.8) is 0 Å². The van der Waals surface area contributed by atoms with Crippen LogP contribution in [0.15, 0.2) is 22.7 Å². The molecule has 0 radical (unpaired) electrons.